The number of hydrogen-bond acceptors (Lipinski definition) is 4. The quantitative estimate of drug-likeness (QED) is 0.865. The third-order valence-corrected chi connectivity index (χ3v) is 3.73. The molecule has 1 aromatic heterocycles. The zero-order valence-corrected chi connectivity index (χ0v) is 12.1. The van der Waals surface area contributed by atoms with E-state index < -0.39 is 0 Å². The molecule has 0 aliphatic carbocycles. The number of nitrogens with two attached hydrogens (primary N) is 1. The number of aromatic nitrogens is 3. The lowest BCUT2D eigenvalue weighted by Gasteiger charge is -2.19. The van der Waals surface area contributed by atoms with Crippen LogP contribution in [-0.2, 0) is 19.5 Å². The molecule has 0 saturated carbocycles. The summed E-state index contributed by atoms with van der Waals surface area (Å²) in [6.45, 7) is 7.09. The highest BCUT2D eigenvalue weighted by Gasteiger charge is 2.22. The molecule has 0 amide bonds. The van der Waals surface area contributed by atoms with Gasteiger partial charge in [-0.1, -0.05) is 19.9 Å². The zero-order chi connectivity index (χ0) is 14.1. The SMILES string of the molecule is CC(C)Cn1ncnc1CN1CCc2c(N)cccc21. The Balaban J connectivity index is 1.81. The van der Waals surface area contributed by atoms with Gasteiger partial charge in [0.2, 0.25) is 0 Å². The molecule has 1 aliphatic heterocycles. The van der Waals surface area contributed by atoms with Crippen LogP contribution in [0, 0.1) is 5.92 Å². The Morgan fingerprint density at radius 3 is 3.00 bits per heavy atom. The number of nitrogen functional groups attached to an aromatic ring is 1. The van der Waals surface area contributed by atoms with Crippen molar-refractivity contribution in [3.05, 3.63) is 35.9 Å². The van der Waals surface area contributed by atoms with Crippen LogP contribution in [0.5, 0.6) is 0 Å². The fraction of sp³-hybridized carbons (Fsp3) is 0.467. The molecule has 2 N–H and O–H groups in total. The third kappa shape index (κ3) is 2.35. The lowest BCUT2D eigenvalue weighted by atomic mass is 10.1. The van der Waals surface area contributed by atoms with E-state index >= 15 is 0 Å². The van der Waals surface area contributed by atoms with Crippen molar-refractivity contribution < 1.29 is 0 Å². The molecule has 0 unspecified atom stereocenters. The monoisotopic (exact) mass is 271 g/mol. The molecule has 0 bridgehead atoms. The molecule has 2 aromatic rings. The highest BCUT2D eigenvalue weighted by Crippen LogP contribution is 2.32. The Morgan fingerprint density at radius 1 is 1.35 bits per heavy atom. The van der Waals surface area contributed by atoms with Crippen LogP contribution in [0.25, 0.3) is 0 Å². The molecule has 2 heterocycles. The normalized spacial score (nSPS) is 14.1. The summed E-state index contributed by atoms with van der Waals surface area (Å²) >= 11 is 0. The van der Waals surface area contributed by atoms with Crippen LogP contribution in [0.1, 0.15) is 25.2 Å². The summed E-state index contributed by atoms with van der Waals surface area (Å²) in [5, 5.41) is 4.33. The fourth-order valence-electron chi connectivity index (χ4n) is 2.77. The van der Waals surface area contributed by atoms with E-state index in [2.05, 4.69) is 34.9 Å². The fourth-order valence-corrected chi connectivity index (χ4v) is 2.77. The van der Waals surface area contributed by atoms with Crippen molar-refractivity contribution >= 4 is 11.4 Å². The van der Waals surface area contributed by atoms with Crippen LogP contribution >= 0.6 is 0 Å². The van der Waals surface area contributed by atoms with Gasteiger partial charge in [-0.2, -0.15) is 5.10 Å². The predicted molar refractivity (Wildman–Crippen MR) is 80.5 cm³/mol. The Labute approximate surface area is 119 Å². The second-order valence-electron chi connectivity index (χ2n) is 5.77. The smallest absolute Gasteiger partial charge is 0.146 e. The van der Waals surface area contributed by atoms with Gasteiger partial charge in [0.05, 0.1) is 6.54 Å². The van der Waals surface area contributed by atoms with Gasteiger partial charge in [-0.3, -0.25) is 0 Å². The summed E-state index contributed by atoms with van der Waals surface area (Å²) in [4.78, 5) is 6.75. The first-order valence-electron chi connectivity index (χ1n) is 7.14. The number of fused-ring (bicyclic) bond motifs is 1. The van der Waals surface area contributed by atoms with E-state index in [0.29, 0.717) is 5.92 Å². The first-order chi connectivity index (χ1) is 9.65. The predicted octanol–water partition coefficient (Wildman–Crippen LogP) is 2.08. The van der Waals surface area contributed by atoms with Crippen molar-refractivity contribution in [2.24, 2.45) is 5.92 Å². The van der Waals surface area contributed by atoms with Crippen LogP contribution in [0.15, 0.2) is 24.5 Å². The molecule has 0 atom stereocenters. The Morgan fingerprint density at radius 2 is 2.20 bits per heavy atom. The summed E-state index contributed by atoms with van der Waals surface area (Å²) in [6, 6.07) is 6.14. The molecular weight excluding hydrogens is 250 g/mol. The summed E-state index contributed by atoms with van der Waals surface area (Å²) in [5.41, 5.74) is 9.45. The molecule has 0 spiro atoms. The van der Waals surface area contributed by atoms with Gasteiger partial charge in [-0.15, -0.1) is 0 Å². The summed E-state index contributed by atoms with van der Waals surface area (Å²) in [7, 11) is 0. The summed E-state index contributed by atoms with van der Waals surface area (Å²) < 4.78 is 2.01. The minimum Gasteiger partial charge on any atom is -0.398 e. The zero-order valence-electron chi connectivity index (χ0n) is 12.1. The van der Waals surface area contributed by atoms with Crippen LogP contribution in [0.2, 0.25) is 0 Å². The van der Waals surface area contributed by atoms with Gasteiger partial charge in [0, 0.05) is 30.0 Å². The van der Waals surface area contributed by atoms with E-state index in [1.165, 1.54) is 11.3 Å². The molecule has 1 aromatic carbocycles. The van der Waals surface area contributed by atoms with Gasteiger partial charge in [-0.05, 0) is 24.5 Å². The average molecular weight is 271 g/mol. The van der Waals surface area contributed by atoms with E-state index in [-0.39, 0.29) is 0 Å². The number of rotatable bonds is 4. The van der Waals surface area contributed by atoms with Crippen LogP contribution in [0.3, 0.4) is 0 Å². The van der Waals surface area contributed by atoms with E-state index in [1.807, 2.05) is 16.8 Å². The summed E-state index contributed by atoms with van der Waals surface area (Å²) in [6.07, 6.45) is 2.66. The van der Waals surface area contributed by atoms with Gasteiger partial charge in [-0.25, -0.2) is 9.67 Å². The molecule has 5 heteroatoms. The molecule has 0 radical (unpaired) electrons. The van der Waals surface area contributed by atoms with Crippen molar-refractivity contribution in [2.75, 3.05) is 17.2 Å². The van der Waals surface area contributed by atoms with Crippen molar-refractivity contribution in [1.82, 2.24) is 14.8 Å². The molecule has 0 fully saturated rings. The van der Waals surface area contributed by atoms with E-state index in [4.69, 9.17) is 5.73 Å². The number of benzene rings is 1. The van der Waals surface area contributed by atoms with Crippen molar-refractivity contribution in [1.29, 1.82) is 0 Å². The van der Waals surface area contributed by atoms with Gasteiger partial charge < -0.3 is 10.6 Å². The Kier molecular flexibility index (Phi) is 3.34. The van der Waals surface area contributed by atoms with Crippen LogP contribution in [0.4, 0.5) is 11.4 Å². The first-order valence-corrected chi connectivity index (χ1v) is 7.14. The highest BCUT2D eigenvalue weighted by molar-refractivity contribution is 5.68. The van der Waals surface area contributed by atoms with E-state index in [9.17, 15) is 0 Å². The Hall–Kier alpha value is -2.04. The Bertz CT molecular complexity index is 602. The van der Waals surface area contributed by atoms with Crippen molar-refractivity contribution in [2.45, 2.75) is 33.4 Å². The number of anilines is 2. The second kappa shape index (κ2) is 5.15. The molecule has 0 saturated heterocycles. The maximum absolute atomic E-state index is 6.04. The van der Waals surface area contributed by atoms with Crippen molar-refractivity contribution in [3.8, 4) is 0 Å². The minimum atomic E-state index is 0.567. The molecule has 20 heavy (non-hydrogen) atoms. The summed E-state index contributed by atoms with van der Waals surface area (Å²) in [5.74, 6) is 1.59. The van der Waals surface area contributed by atoms with Crippen LogP contribution < -0.4 is 10.6 Å². The molecule has 3 rings (SSSR count). The third-order valence-electron chi connectivity index (χ3n) is 3.73. The standard InChI is InChI=1S/C15H21N5/c1-11(2)8-20-15(17-10-18-20)9-19-7-6-12-13(16)4-3-5-14(12)19/h3-5,10-11H,6-9,16H2,1-2H3. The topological polar surface area (TPSA) is 60.0 Å². The number of nitrogens with zero attached hydrogens (tertiary/aromatic N) is 4. The van der Waals surface area contributed by atoms with Gasteiger partial charge in [0.1, 0.15) is 12.2 Å². The lowest BCUT2D eigenvalue weighted by Crippen LogP contribution is -2.23. The number of hydrogen-bond donors (Lipinski definition) is 1. The highest BCUT2D eigenvalue weighted by atomic mass is 15.3. The van der Waals surface area contributed by atoms with E-state index in [1.54, 1.807) is 6.33 Å². The molecular formula is C15H21N5. The van der Waals surface area contributed by atoms with Crippen LogP contribution in [-0.4, -0.2) is 21.3 Å². The lowest BCUT2D eigenvalue weighted by molar-refractivity contribution is 0.464. The molecule has 106 valence electrons. The van der Waals surface area contributed by atoms with Gasteiger partial charge in [0.25, 0.3) is 0 Å². The minimum absolute atomic E-state index is 0.567. The maximum atomic E-state index is 6.04. The van der Waals surface area contributed by atoms with E-state index in [0.717, 1.165) is 37.6 Å². The molecule has 5 nitrogen and oxygen atoms in total. The average Bonchev–Trinajstić information content (AvgIpc) is 2.99. The maximum Gasteiger partial charge on any atom is 0.146 e. The second-order valence-corrected chi connectivity index (χ2v) is 5.77. The first kappa shape index (κ1) is 13.0. The van der Waals surface area contributed by atoms with Crippen molar-refractivity contribution in [3.63, 3.8) is 0 Å². The van der Waals surface area contributed by atoms with Gasteiger partial charge >= 0.3 is 0 Å². The largest absolute Gasteiger partial charge is 0.398 e. The van der Waals surface area contributed by atoms with Gasteiger partial charge in [0.15, 0.2) is 0 Å². The molecule has 1 aliphatic rings.